The summed E-state index contributed by atoms with van der Waals surface area (Å²) in [5.74, 6) is 1.83. The maximum absolute atomic E-state index is 6.51. The van der Waals surface area contributed by atoms with Gasteiger partial charge in [0.25, 0.3) is 0 Å². The number of benzene rings is 6. The molecule has 0 N–H and O–H groups in total. The summed E-state index contributed by atoms with van der Waals surface area (Å²) in [5, 5.41) is 2.40. The molecule has 1 aliphatic carbocycles. The van der Waals surface area contributed by atoms with E-state index in [9.17, 15) is 0 Å². The molecule has 6 aromatic rings. The Balaban J connectivity index is 1.35. The van der Waals surface area contributed by atoms with Gasteiger partial charge in [0, 0.05) is 16.4 Å². The number of hydrogen-bond donors (Lipinski definition) is 0. The topological polar surface area (TPSA) is 9.23 Å². The van der Waals surface area contributed by atoms with Crippen molar-refractivity contribution in [3.63, 3.8) is 0 Å². The van der Waals surface area contributed by atoms with E-state index >= 15 is 0 Å². The van der Waals surface area contributed by atoms with Crippen LogP contribution in [0.15, 0.2) is 121 Å². The van der Waals surface area contributed by atoms with Crippen LogP contribution in [0.2, 0.25) is 0 Å². The molecule has 0 fully saturated rings. The van der Waals surface area contributed by atoms with E-state index in [1.165, 1.54) is 60.8 Å². The number of fused-ring (bicyclic) bond motifs is 5. The van der Waals surface area contributed by atoms with E-state index < -0.39 is 0 Å². The third-order valence-corrected chi connectivity index (χ3v) is 8.50. The molecular weight excluding hydrogens is 460 g/mol. The lowest BCUT2D eigenvalue weighted by molar-refractivity contribution is 0.487. The molecule has 1 aliphatic heterocycles. The Kier molecular flexibility index (Phi) is 4.35. The summed E-state index contributed by atoms with van der Waals surface area (Å²) in [6.45, 7) is 4.67. The fraction of sp³-hybridized carbons (Fsp3) is 0.0811. The van der Waals surface area contributed by atoms with Gasteiger partial charge in [-0.1, -0.05) is 117 Å². The summed E-state index contributed by atoms with van der Waals surface area (Å²) >= 11 is 0. The Morgan fingerprint density at radius 1 is 0.474 bits per heavy atom. The van der Waals surface area contributed by atoms with Gasteiger partial charge in [-0.05, 0) is 73.7 Å². The standard InChI is InChI=1S/C37H26O/c1-37(2)31-16-7-6-12-29(31)35-26(13-9-17-32(35)37)24-18-20-33-30(22-24)28-15-8-14-27-25(23-10-4-3-5-11-23)19-21-34(38-33)36(27)28/h3-22H,1-2H3. The van der Waals surface area contributed by atoms with Gasteiger partial charge in [0.15, 0.2) is 0 Å². The minimum absolute atomic E-state index is 0.0162. The van der Waals surface area contributed by atoms with E-state index in [0.717, 1.165) is 17.1 Å². The Labute approximate surface area is 223 Å². The summed E-state index contributed by atoms with van der Waals surface area (Å²) in [4.78, 5) is 0. The first kappa shape index (κ1) is 21.5. The monoisotopic (exact) mass is 486 g/mol. The molecular formula is C37H26O. The van der Waals surface area contributed by atoms with Gasteiger partial charge < -0.3 is 4.74 Å². The second-order valence-corrected chi connectivity index (χ2v) is 10.9. The molecule has 0 amide bonds. The Morgan fingerprint density at radius 2 is 1.18 bits per heavy atom. The third kappa shape index (κ3) is 2.87. The van der Waals surface area contributed by atoms with Crippen molar-refractivity contribution in [1.29, 1.82) is 0 Å². The van der Waals surface area contributed by atoms with E-state index in [1.807, 2.05) is 0 Å². The largest absolute Gasteiger partial charge is 0.456 e. The van der Waals surface area contributed by atoms with Crippen molar-refractivity contribution in [2.45, 2.75) is 19.3 Å². The average Bonchev–Trinajstić information content (AvgIpc) is 3.20. The van der Waals surface area contributed by atoms with E-state index in [1.54, 1.807) is 0 Å². The van der Waals surface area contributed by atoms with Gasteiger partial charge in [-0.25, -0.2) is 0 Å². The molecule has 0 saturated heterocycles. The molecule has 0 unspecified atom stereocenters. The van der Waals surface area contributed by atoms with Crippen molar-refractivity contribution in [1.82, 2.24) is 0 Å². The minimum atomic E-state index is -0.0162. The van der Waals surface area contributed by atoms with Gasteiger partial charge in [0.1, 0.15) is 11.5 Å². The molecule has 0 atom stereocenters. The lowest BCUT2D eigenvalue weighted by Crippen LogP contribution is -2.14. The van der Waals surface area contributed by atoms with Crippen LogP contribution in [0.25, 0.3) is 55.3 Å². The number of rotatable bonds is 2. The van der Waals surface area contributed by atoms with E-state index in [2.05, 4.69) is 135 Å². The SMILES string of the molecule is CC1(C)c2ccccc2-c2c(-c3ccc4c(c3)-c3cccc5c(-c6ccccc6)ccc(c35)O4)cccc21. The van der Waals surface area contributed by atoms with Crippen LogP contribution >= 0.6 is 0 Å². The van der Waals surface area contributed by atoms with Crippen LogP contribution < -0.4 is 4.74 Å². The summed E-state index contributed by atoms with van der Waals surface area (Å²) < 4.78 is 6.51. The summed E-state index contributed by atoms with van der Waals surface area (Å²) in [7, 11) is 0. The van der Waals surface area contributed by atoms with Crippen molar-refractivity contribution in [2.24, 2.45) is 0 Å². The highest BCUT2D eigenvalue weighted by atomic mass is 16.5. The van der Waals surface area contributed by atoms with Crippen LogP contribution in [0.1, 0.15) is 25.0 Å². The van der Waals surface area contributed by atoms with Gasteiger partial charge in [0.2, 0.25) is 0 Å². The molecule has 1 heterocycles. The molecule has 0 spiro atoms. The summed E-state index contributed by atoms with van der Waals surface area (Å²) in [5.41, 5.74) is 12.8. The molecule has 2 aliphatic rings. The van der Waals surface area contributed by atoms with Crippen LogP contribution in [0.4, 0.5) is 0 Å². The molecule has 1 heteroatoms. The predicted octanol–water partition coefficient (Wildman–Crippen LogP) is 10.3. The molecule has 38 heavy (non-hydrogen) atoms. The lowest BCUT2D eigenvalue weighted by atomic mass is 9.82. The number of hydrogen-bond acceptors (Lipinski definition) is 1. The van der Waals surface area contributed by atoms with Crippen molar-refractivity contribution in [2.75, 3.05) is 0 Å². The number of ether oxygens (including phenoxy) is 1. The lowest BCUT2D eigenvalue weighted by Gasteiger charge is -2.24. The van der Waals surface area contributed by atoms with Gasteiger partial charge in [-0.15, -0.1) is 0 Å². The van der Waals surface area contributed by atoms with Crippen molar-refractivity contribution in [3.05, 3.63) is 132 Å². The van der Waals surface area contributed by atoms with Crippen LogP contribution in [0.5, 0.6) is 11.5 Å². The maximum atomic E-state index is 6.51. The first-order chi connectivity index (χ1) is 18.6. The highest BCUT2D eigenvalue weighted by molar-refractivity contribution is 6.10. The fourth-order valence-corrected chi connectivity index (χ4v) is 6.66. The zero-order valence-electron chi connectivity index (χ0n) is 21.5. The molecule has 0 aromatic heterocycles. The molecule has 0 bridgehead atoms. The average molecular weight is 487 g/mol. The smallest absolute Gasteiger partial charge is 0.135 e. The Morgan fingerprint density at radius 3 is 2.08 bits per heavy atom. The molecule has 1 nitrogen and oxygen atoms in total. The minimum Gasteiger partial charge on any atom is -0.456 e. The normalized spacial score (nSPS) is 13.9. The van der Waals surface area contributed by atoms with Crippen LogP contribution in [-0.2, 0) is 5.41 Å². The molecule has 6 aromatic carbocycles. The van der Waals surface area contributed by atoms with Gasteiger partial charge in [0.05, 0.1) is 0 Å². The molecule has 180 valence electrons. The maximum Gasteiger partial charge on any atom is 0.135 e. The van der Waals surface area contributed by atoms with Gasteiger partial charge >= 0.3 is 0 Å². The first-order valence-electron chi connectivity index (χ1n) is 13.3. The van der Waals surface area contributed by atoms with Crippen molar-refractivity contribution < 1.29 is 4.74 Å². The predicted molar refractivity (Wildman–Crippen MR) is 158 cm³/mol. The zero-order valence-corrected chi connectivity index (χ0v) is 21.5. The van der Waals surface area contributed by atoms with Gasteiger partial charge in [-0.2, -0.15) is 0 Å². The quantitative estimate of drug-likeness (QED) is 0.236. The van der Waals surface area contributed by atoms with E-state index in [-0.39, 0.29) is 5.41 Å². The summed E-state index contributed by atoms with van der Waals surface area (Å²) in [6, 6.07) is 43.9. The van der Waals surface area contributed by atoms with Crippen LogP contribution in [-0.4, -0.2) is 0 Å². The van der Waals surface area contributed by atoms with Crippen LogP contribution in [0.3, 0.4) is 0 Å². The van der Waals surface area contributed by atoms with E-state index in [4.69, 9.17) is 4.74 Å². The third-order valence-electron chi connectivity index (χ3n) is 8.50. The Bertz CT molecular complexity index is 1910. The zero-order chi connectivity index (χ0) is 25.4. The second-order valence-electron chi connectivity index (χ2n) is 10.9. The van der Waals surface area contributed by atoms with Crippen molar-refractivity contribution >= 4 is 10.8 Å². The highest BCUT2D eigenvalue weighted by Crippen LogP contribution is 2.54. The second kappa shape index (κ2) is 7.69. The first-order valence-corrected chi connectivity index (χ1v) is 13.3. The van der Waals surface area contributed by atoms with E-state index in [0.29, 0.717) is 0 Å². The fourth-order valence-electron chi connectivity index (χ4n) is 6.66. The van der Waals surface area contributed by atoms with Crippen LogP contribution in [0, 0.1) is 0 Å². The summed E-state index contributed by atoms with van der Waals surface area (Å²) in [6.07, 6.45) is 0. The van der Waals surface area contributed by atoms with Crippen molar-refractivity contribution in [3.8, 4) is 56.0 Å². The Hall–Kier alpha value is -4.62. The molecule has 0 radical (unpaired) electrons. The molecule has 8 rings (SSSR count). The molecule has 0 saturated carbocycles. The van der Waals surface area contributed by atoms with Gasteiger partial charge in [-0.3, -0.25) is 0 Å². The highest BCUT2D eigenvalue weighted by Gasteiger charge is 2.36.